The Morgan fingerprint density at radius 1 is 1.12 bits per heavy atom. The summed E-state index contributed by atoms with van der Waals surface area (Å²) in [5.41, 5.74) is 2.20. The van der Waals surface area contributed by atoms with Gasteiger partial charge in [0.1, 0.15) is 0 Å². The number of para-hydroxylation sites is 1. The van der Waals surface area contributed by atoms with Gasteiger partial charge in [-0.2, -0.15) is 0 Å². The van der Waals surface area contributed by atoms with E-state index in [-0.39, 0.29) is 11.9 Å². The zero-order chi connectivity index (χ0) is 17.6. The van der Waals surface area contributed by atoms with E-state index in [2.05, 4.69) is 10.3 Å². The first-order valence-corrected chi connectivity index (χ1v) is 9.22. The normalized spacial score (nSPS) is 21.4. The van der Waals surface area contributed by atoms with Gasteiger partial charge in [0.25, 0.3) is 0 Å². The monoisotopic (exact) mass is 342 g/mol. The Balaban J connectivity index is 1.59. The Morgan fingerprint density at radius 3 is 2.68 bits per heavy atom. The molecule has 1 aliphatic rings. The molecule has 3 N–H and O–H groups in total. The van der Waals surface area contributed by atoms with Crippen LogP contribution in [0, 0.1) is 5.92 Å². The number of aromatic amines is 1. The lowest BCUT2D eigenvalue weighted by molar-refractivity contribution is -0.143. The minimum atomic E-state index is -0.788. The summed E-state index contributed by atoms with van der Waals surface area (Å²) < 4.78 is 0. The second kappa shape index (κ2) is 8.19. The molecule has 1 saturated carbocycles. The molecule has 0 spiro atoms. The lowest BCUT2D eigenvalue weighted by atomic mass is 9.86. The van der Waals surface area contributed by atoms with Crippen LogP contribution < -0.4 is 5.32 Å². The molecule has 5 nitrogen and oxygen atoms in total. The summed E-state index contributed by atoms with van der Waals surface area (Å²) in [5, 5.41) is 13.6. The lowest BCUT2D eigenvalue weighted by Crippen LogP contribution is -2.44. The van der Waals surface area contributed by atoms with E-state index in [0.29, 0.717) is 19.3 Å². The van der Waals surface area contributed by atoms with Crippen LogP contribution in [0.3, 0.4) is 0 Å². The highest BCUT2D eigenvalue weighted by molar-refractivity contribution is 5.84. The van der Waals surface area contributed by atoms with Crippen LogP contribution in [0.25, 0.3) is 10.9 Å². The van der Waals surface area contributed by atoms with Crippen molar-refractivity contribution in [1.29, 1.82) is 0 Å². The van der Waals surface area contributed by atoms with E-state index in [1.54, 1.807) is 0 Å². The minimum Gasteiger partial charge on any atom is -0.481 e. The van der Waals surface area contributed by atoms with Gasteiger partial charge in [0, 0.05) is 29.6 Å². The molecule has 1 aliphatic carbocycles. The van der Waals surface area contributed by atoms with Crippen molar-refractivity contribution in [2.24, 2.45) is 5.92 Å². The summed E-state index contributed by atoms with van der Waals surface area (Å²) in [6.07, 6.45) is 8.52. The zero-order valence-corrected chi connectivity index (χ0v) is 14.5. The van der Waals surface area contributed by atoms with Crippen molar-refractivity contribution in [2.45, 2.75) is 57.4 Å². The average Bonchev–Trinajstić information content (AvgIpc) is 2.98. The summed E-state index contributed by atoms with van der Waals surface area (Å²) in [7, 11) is 0. The van der Waals surface area contributed by atoms with Crippen LogP contribution in [0.5, 0.6) is 0 Å². The highest BCUT2D eigenvalue weighted by Gasteiger charge is 2.29. The van der Waals surface area contributed by atoms with Gasteiger partial charge in [-0.25, -0.2) is 0 Å². The molecule has 2 aromatic rings. The Morgan fingerprint density at radius 2 is 1.88 bits per heavy atom. The topological polar surface area (TPSA) is 82.2 Å². The van der Waals surface area contributed by atoms with E-state index in [4.69, 9.17) is 0 Å². The smallest absolute Gasteiger partial charge is 0.308 e. The molecule has 1 heterocycles. The maximum Gasteiger partial charge on any atom is 0.308 e. The molecule has 2 atom stereocenters. The van der Waals surface area contributed by atoms with Gasteiger partial charge in [0.15, 0.2) is 0 Å². The maximum atomic E-state index is 12.4. The summed E-state index contributed by atoms with van der Waals surface area (Å²) in [6.45, 7) is 0. The molecule has 0 aliphatic heterocycles. The number of hydrogen-bond donors (Lipinski definition) is 3. The van der Waals surface area contributed by atoms with Crippen molar-refractivity contribution in [3.63, 3.8) is 0 Å². The van der Waals surface area contributed by atoms with Crippen molar-refractivity contribution in [3.05, 3.63) is 36.0 Å². The Kier molecular flexibility index (Phi) is 5.74. The van der Waals surface area contributed by atoms with E-state index in [1.165, 1.54) is 0 Å². The fourth-order valence-electron chi connectivity index (χ4n) is 3.82. The largest absolute Gasteiger partial charge is 0.481 e. The van der Waals surface area contributed by atoms with Gasteiger partial charge < -0.3 is 15.4 Å². The van der Waals surface area contributed by atoms with Gasteiger partial charge in [0.05, 0.1) is 5.92 Å². The summed E-state index contributed by atoms with van der Waals surface area (Å²) in [5.74, 6) is -1.30. The molecule has 1 aromatic heterocycles. The number of carbonyl (C=O) groups is 2. The van der Waals surface area contributed by atoms with Gasteiger partial charge in [-0.05, 0) is 30.9 Å². The van der Waals surface area contributed by atoms with Gasteiger partial charge in [-0.3, -0.25) is 9.59 Å². The predicted molar refractivity (Wildman–Crippen MR) is 97.4 cm³/mol. The Labute approximate surface area is 147 Å². The number of amides is 1. The molecule has 3 rings (SSSR count). The number of H-pyrrole nitrogens is 1. The van der Waals surface area contributed by atoms with Crippen molar-refractivity contribution in [3.8, 4) is 0 Å². The molecule has 1 amide bonds. The van der Waals surface area contributed by atoms with Crippen LogP contribution in [-0.2, 0) is 16.0 Å². The third kappa shape index (κ3) is 4.41. The number of rotatable bonds is 5. The van der Waals surface area contributed by atoms with E-state index < -0.39 is 11.9 Å². The molecule has 1 aromatic carbocycles. The lowest BCUT2D eigenvalue weighted by Gasteiger charge is -2.27. The number of aryl methyl sites for hydroxylation is 1. The van der Waals surface area contributed by atoms with Gasteiger partial charge >= 0.3 is 5.97 Å². The van der Waals surface area contributed by atoms with E-state index >= 15 is 0 Å². The molecule has 134 valence electrons. The van der Waals surface area contributed by atoms with Gasteiger partial charge in [-0.15, -0.1) is 0 Å². The molecular formula is C20H26N2O3. The van der Waals surface area contributed by atoms with Crippen LogP contribution in [0.2, 0.25) is 0 Å². The maximum absolute atomic E-state index is 12.4. The van der Waals surface area contributed by atoms with Crippen LogP contribution in [-0.4, -0.2) is 28.0 Å². The fourth-order valence-corrected chi connectivity index (χ4v) is 3.82. The fraction of sp³-hybridized carbons (Fsp3) is 0.500. The van der Waals surface area contributed by atoms with E-state index in [1.807, 2.05) is 30.5 Å². The van der Waals surface area contributed by atoms with Gasteiger partial charge in [0.2, 0.25) is 5.91 Å². The number of aromatic nitrogens is 1. The Hall–Kier alpha value is -2.30. The summed E-state index contributed by atoms with van der Waals surface area (Å²) in [4.78, 5) is 27.2. The highest BCUT2D eigenvalue weighted by Crippen LogP contribution is 2.24. The number of benzene rings is 1. The number of carboxylic acid groups (broad SMARTS) is 1. The van der Waals surface area contributed by atoms with Crippen molar-refractivity contribution in [2.75, 3.05) is 0 Å². The molecular weight excluding hydrogens is 316 g/mol. The number of fused-ring (bicyclic) bond motifs is 1. The summed E-state index contributed by atoms with van der Waals surface area (Å²) >= 11 is 0. The van der Waals surface area contributed by atoms with Crippen LogP contribution in [0.1, 0.15) is 50.5 Å². The molecule has 1 fully saturated rings. The van der Waals surface area contributed by atoms with E-state index in [9.17, 15) is 14.7 Å². The third-order valence-electron chi connectivity index (χ3n) is 5.23. The SMILES string of the molecule is O=C(CCc1c[nH]c2ccccc12)NC1CCCCCCC1C(=O)O. The molecule has 25 heavy (non-hydrogen) atoms. The highest BCUT2D eigenvalue weighted by atomic mass is 16.4. The number of nitrogens with one attached hydrogen (secondary N) is 2. The molecule has 2 unspecified atom stereocenters. The second-order valence-corrected chi connectivity index (χ2v) is 6.97. The minimum absolute atomic E-state index is 0.0536. The molecule has 0 saturated heterocycles. The van der Waals surface area contributed by atoms with Crippen molar-refractivity contribution in [1.82, 2.24) is 10.3 Å². The molecule has 0 bridgehead atoms. The zero-order valence-electron chi connectivity index (χ0n) is 14.5. The van der Waals surface area contributed by atoms with Crippen LogP contribution >= 0.6 is 0 Å². The number of carboxylic acids is 1. The first-order chi connectivity index (χ1) is 12.1. The summed E-state index contributed by atoms with van der Waals surface area (Å²) in [6, 6.07) is 7.80. The second-order valence-electron chi connectivity index (χ2n) is 6.97. The van der Waals surface area contributed by atoms with Crippen LogP contribution in [0.4, 0.5) is 0 Å². The number of carbonyl (C=O) groups excluding carboxylic acids is 1. The standard InChI is InChI=1S/C20H26N2O3/c23-19(12-11-14-13-21-17-9-6-5-7-15(14)17)22-18-10-4-2-1-3-8-16(18)20(24)25/h5-7,9,13,16,18,21H,1-4,8,10-12H2,(H,22,23)(H,24,25). The molecule has 5 heteroatoms. The average molecular weight is 342 g/mol. The quantitative estimate of drug-likeness (QED) is 0.776. The third-order valence-corrected chi connectivity index (χ3v) is 5.23. The first-order valence-electron chi connectivity index (χ1n) is 9.22. The first kappa shape index (κ1) is 17.5. The number of hydrogen-bond acceptors (Lipinski definition) is 2. The van der Waals surface area contributed by atoms with Crippen LogP contribution in [0.15, 0.2) is 30.5 Å². The Bertz CT molecular complexity index is 737. The van der Waals surface area contributed by atoms with Gasteiger partial charge in [-0.1, -0.05) is 43.9 Å². The number of aliphatic carboxylic acids is 1. The van der Waals surface area contributed by atoms with Crippen molar-refractivity contribution >= 4 is 22.8 Å². The molecule has 0 radical (unpaired) electrons. The van der Waals surface area contributed by atoms with Crippen molar-refractivity contribution < 1.29 is 14.7 Å². The predicted octanol–water partition coefficient (Wildman–Crippen LogP) is 3.64. The van der Waals surface area contributed by atoms with E-state index in [0.717, 1.165) is 48.6 Å².